The van der Waals surface area contributed by atoms with Crippen LogP contribution in [0.3, 0.4) is 0 Å². The van der Waals surface area contributed by atoms with Gasteiger partial charge in [-0.1, -0.05) is 16.8 Å². The smallest absolute Gasteiger partial charge is 0.337 e. The molecule has 106 valence electrons. The Morgan fingerprint density at radius 1 is 1.40 bits per heavy atom. The van der Waals surface area contributed by atoms with Crippen molar-refractivity contribution >= 4 is 33.5 Å². The van der Waals surface area contributed by atoms with E-state index < -0.39 is 16.0 Å². The van der Waals surface area contributed by atoms with Gasteiger partial charge in [-0.2, -0.15) is 0 Å². The van der Waals surface area contributed by atoms with Crippen molar-refractivity contribution < 1.29 is 22.8 Å². The molecule has 0 atom stereocenters. The van der Waals surface area contributed by atoms with Crippen LogP contribution in [-0.2, 0) is 10.0 Å². The summed E-state index contributed by atoms with van der Waals surface area (Å²) in [6.07, 6.45) is 0. The second-order valence-electron chi connectivity index (χ2n) is 3.88. The molecule has 0 spiro atoms. The molecular weight excluding hydrogens is 308 g/mol. The van der Waals surface area contributed by atoms with E-state index in [1.807, 2.05) is 0 Å². The number of sulfonamides is 1. The second kappa shape index (κ2) is 5.14. The van der Waals surface area contributed by atoms with Crippen LogP contribution in [0.2, 0.25) is 5.02 Å². The van der Waals surface area contributed by atoms with E-state index in [1.54, 1.807) is 6.92 Å². The molecule has 0 bridgehead atoms. The highest BCUT2D eigenvalue weighted by Gasteiger charge is 2.20. The topological polar surface area (TPSA) is 110 Å². The minimum atomic E-state index is -3.98. The molecule has 0 aliphatic rings. The van der Waals surface area contributed by atoms with Crippen molar-refractivity contribution in [3.05, 3.63) is 40.5 Å². The van der Waals surface area contributed by atoms with Gasteiger partial charge in [-0.15, -0.1) is 0 Å². The molecule has 0 aliphatic carbocycles. The molecule has 2 aromatic rings. The van der Waals surface area contributed by atoms with Crippen LogP contribution in [0.5, 0.6) is 0 Å². The van der Waals surface area contributed by atoms with Gasteiger partial charge in [0.15, 0.2) is 0 Å². The third-order valence-corrected chi connectivity index (χ3v) is 4.02. The molecule has 7 nitrogen and oxygen atoms in total. The average molecular weight is 317 g/mol. The third kappa shape index (κ3) is 2.91. The zero-order valence-corrected chi connectivity index (χ0v) is 11.7. The van der Waals surface area contributed by atoms with E-state index in [2.05, 4.69) is 9.88 Å². The number of carboxylic acid groups (broad SMARTS) is 1. The molecule has 20 heavy (non-hydrogen) atoms. The van der Waals surface area contributed by atoms with Crippen molar-refractivity contribution in [1.82, 2.24) is 5.16 Å². The molecule has 0 aliphatic heterocycles. The van der Waals surface area contributed by atoms with Crippen LogP contribution in [0.25, 0.3) is 0 Å². The number of aromatic carboxylic acids is 1. The molecule has 0 unspecified atom stereocenters. The zero-order valence-electron chi connectivity index (χ0n) is 10.1. The Morgan fingerprint density at radius 2 is 2.10 bits per heavy atom. The lowest BCUT2D eigenvalue weighted by Gasteiger charge is -2.06. The summed E-state index contributed by atoms with van der Waals surface area (Å²) in [7, 11) is -3.98. The van der Waals surface area contributed by atoms with Crippen molar-refractivity contribution in [1.29, 1.82) is 0 Å². The summed E-state index contributed by atoms with van der Waals surface area (Å²) < 4.78 is 31.0. The van der Waals surface area contributed by atoms with Crippen molar-refractivity contribution in [2.24, 2.45) is 0 Å². The molecule has 0 radical (unpaired) electrons. The summed E-state index contributed by atoms with van der Waals surface area (Å²) in [4.78, 5) is 10.7. The Bertz CT molecular complexity index is 769. The van der Waals surface area contributed by atoms with E-state index in [0.717, 1.165) is 6.07 Å². The molecule has 1 heterocycles. The zero-order chi connectivity index (χ0) is 14.9. The summed E-state index contributed by atoms with van der Waals surface area (Å²) in [5, 5.41) is 12.4. The van der Waals surface area contributed by atoms with Crippen LogP contribution >= 0.6 is 11.6 Å². The number of hydrogen-bond acceptors (Lipinski definition) is 5. The van der Waals surface area contributed by atoms with Crippen molar-refractivity contribution in [3.63, 3.8) is 0 Å². The van der Waals surface area contributed by atoms with E-state index in [1.165, 1.54) is 18.2 Å². The number of benzene rings is 1. The van der Waals surface area contributed by atoms with Gasteiger partial charge >= 0.3 is 5.97 Å². The van der Waals surface area contributed by atoms with Gasteiger partial charge in [-0.25, -0.2) is 17.9 Å². The SMILES string of the molecule is Cc1cc(NS(=O)(=O)c2ccc(Cl)c(C(=O)O)c2)on1. The Kier molecular flexibility index (Phi) is 3.69. The minimum absolute atomic E-state index is 0.0491. The molecule has 0 saturated carbocycles. The number of halogens is 1. The summed E-state index contributed by atoms with van der Waals surface area (Å²) in [5.41, 5.74) is 0.202. The van der Waals surface area contributed by atoms with Crippen molar-refractivity contribution in [3.8, 4) is 0 Å². The minimum Gasteiger partial charge on any atom is -0.478 e. The Labute approximate surface area is 119 Å². The monoisotopic (exact) mass is 316 g/mol. The van der Waals surface area contributed by atoms with Crippen LogP contribution in [-0.4, -0.2) is 24.7 Å². The molecule has 1 aromatic heterocycles. The van der Waals surface area contributed by atoms with Gasteiger partial charge in [-0.05, 0) is 25.1 Å². The van der Waals surface area contributed by atoms with Crippen molar-refractivity contribution in [2.75, 3.05) is 4.72 Å². The number of aryl methyl sites for hydroxylation is 1. The second-order valence-corrected chi connectivity index (χ2v) is 5.97. The molecule has 9 heteroatoms. The summed E-state index contributed by atoms with van der Waals surface area (Å²) in [6, 6.07) is 4.76. The summed E-state index contributed by atoms with van der Waals surface area (Å²) in [5.74, 6) is -1.38. The molecule has 0 fully saturated rings. The maximum atomic E-state index is 12.1. The largest absolute Gasteiger partial charge is 0.478 e. The third-order valence-electron chi connectivity index (χ3n) is 2.34. The number of nitrogens with zero attached hydrogens (tertiary/aromatic N) is 1. The first-order valence-electron chi connectivity index (χ1n) is 5.28. The molecule has 0 amide bonds. The molecular formula is C11H9ClN2O5S. The number of anilines is 1. The maximum Gasteiger partial charge on any atom is 0.337 e. The molecule has 1 aromatic carbocycles. The standard InChI is InChI=1S/C11H9ClN2O5S/c1-6-4-10(19-13-6)14-20(17,18)7-2-3-9(12)8(5-7)11(15)16/h2-5,14H,1H3,(H,15,16). The highest BCUT2D eigenvalue weighted by Crippen LogP contribution is 2.22. The predicted molar refractivity (Wildman–Crippen MR) is 70.5 cm³/mol. The van der Waals surface area contributed by atoms with E-state index in [0.29, 0.717) is 5.69 Å². The van der Waals surface area contributed by atoms with Crippen LogP contribution in [0.4, 0.5) is 5.88 Å². The van der Waals surface area contributed by atoms with Crippen LogP contribution in [0.1, 0.15) is 16.1 Å². The highest BCUT2D eigenvalue weighted by molar-refractivity contribution is 7.92. The van der Waals surface area contributed by atoms with E-state index in [-0.39, 0.29) is 21.4 Å². The number of nitrogens with one attached hydrogen (secondary N) is 1. The maximum absolute atomic E-state index is 12.1. The normalized spacial score (nSPS) is 11.3. The van der Waals surface area contributed by atoms with Gasteiger partial charge in [0.2, 0.25) is 5.88 Å². The number of rotatable bonds is 4. The van der Waals surface area contributed by atoms with E-state index in [4.69, 9.17) is 21.2 Å². The predicted octanol–water partition coefficient (Wildman–Crippen LogP) is 2.14. The first-order chi connectivity index (χ1) is 9.29. The van der Waals surface area contributed by atoms with Gasteiger partial charge in [-0.3, -0.25) is 0 Å². The first kappa shape index (κ1) is 14.4. The van der Waals surface area contributed by atoms with Gasteiger partial charge in [0.1, 0.15) is 0 Å². The van der Waals surface area contributed by atoms with Gasteiger partial charge in [0.05, 0.1) is 21.2 Å². The lowest BCUT2D eigenvalue weighted by atomic mass is 10.2. The summed E-state index contributed by atoms with van der Waals surface area (Å²) >= 11 is 5.68. The fourth-order valence-corrected chi connectivity index (χ4v) is 2.64. The lowest BCUT2D eigenvalue weighted by Crippen LogP contribution is -2.13. The van der Waals surface area contributed by atoms with E-state index >= 15 is 0 Å². The number of carboxylic acids is 1. The van der Waals surface area contributed by atoms with Crippen LogP contribution in [0.15, 0.2) is 33.7 Å². The molecule has 2 N–H and O–H groups in total. The fourth-order valence-electron chi connectivity index (χ4n) is 1.44. The Morgan fingerprint density at radius 3 is 2.65 bits per heavy atom. The number of aromatic nitrogens is 1. The fraction of sp³-hybridized carbons (Fsp3) is 0.0909. The number of hydrogen-bond donors (Lipinski definition) is 2. The van der Waals surface area contributed by atoms with E-state index in [9.17, 15) is 13.2 Å². The quantitative estimate of drug-likeness (QED) is 0.894. The highest BCUT2D eigenvalue weighted by atomic mass is 35.5. The average Bonchev–Trinajstić information content (AvgIpc) is 2.73. The lowest BCUT2D eigenvalue weighted by molar-refractivity contribution is 0.0697. The number of carbonyl (C=O) groups is 1. The Hall–Kier alpha value is -2.06. The van der Waals surface area contributed by atoms with Gasteiger partial charge < -0.3 is 9.63 Å². The Balaban J connectivity index is 2.39. The molecule has 2 rings (SSSR count). The van der Waals surface area contributed by atoms with Crippen LogP contribution in [0, 0.1) is 6.92 Å². The van der Waals surface area contributed by atoms with Gasteiger partial charge in [0, 0.05) is 6.07 Å². The molecule has 0 saturated heterocycles. The van der Waals surface area contributed by atoms with Crippen LogP contribution < -0.4 is 4.72 Å². The summed E-state index contributed by atoms with van der Waals surface area (Å²) in [6.45, 7) is 1.63. The van der Waals surface area contributed by atoms with Gasteiger partial charge in [0.25, 0.3) is 10.0 Å². The first-order valence-corrected chi connectivity index (χ1v) is 7.15. The van der Waals surface area contributed by atoms with Crippen molar-refractivity contribution in [2.45, 2.75) is 11.8 Å².